The molecule has 0 bridgehead atoms. The number of benzene rings is 7. The molecule has 0 N–H and O–H groups in total. The zero-order chi connectivity index (χ0) is 29.7. The SMILES string of the molecule is c1ccc(-c2ccc(N(c3ccc(-c4ccc5c(c4)sc4ccccc45)cc3)c3cccc4c3sc3ccccc34)cc2)cc1. The number of thiophene rings is 2. The van der Waals surface area contributed by atoms with Crippen molar-refractivity contribution in [2.75, 3.05) is 4.90 Å². The molecule has 0 atom stereocenters. The number of hydrogen-bond donors (Lipinski definition) is 0. The van der Waals surface area contributed by atoms with Crippen LogP contribution in [0.15, 0.2) is 164 Å². The first-order chi connectivity index (χ1) is 22.3. The lowest BCUT2D eigenvalue weighted by Crippen LogP contribution is -2.10. The third-order valence-electron chi connectivity index (χ3n) is 8.69. The van der Waals surface area contributed by atoms with E-state index in [1.54, 1.807) is 0 Å². The van der Waals surface area contributed by atoms with E-state index >= 15 is 0 Å². The fourth-order valence-corrected chi connectivity index (χ4v) is 8.83. The Bertz CT molecular complexity index is 2470. The van der Waals surface area contributed by atoms with Gasteiger partial charge in [0.2, 0.25) is 0 Å². The Hall–Kier alpha value is -5.22. The van der Waals surface area contributed by atoms with E-state index in [2.05, 4.69) is 169 Å². The molecule has 212 valence electrons. The van der Waals surface area contributed by atoms with Crippen LogP contribution < -0.4 is 4.90 Å². The predicted molar refractivity (Wildman–Crippen MR) is 198 cm³/mol. The van der Waals surface area contributed by atoms with Crippen LogP contribution in [0.2, 0.25) is 0 Å². The number of rotatable bonds is 5. The molecule has 0 amide bonds. The molecule has 0 aliphatic heterocycles. The summed E-state index contributed by atoms with van der Waals surface area (Å²) in [7, 11) is 0. The number of fused-ring (bicyclic) bond motifs is 6. The van der Waals surface area contributed by atoms with Gasteiger partial charge in [-0.05, 0) is 70.8 Å². The van der Waals surface area contributed by atoms with E-state index in [9.17, 15) is 0 Å². The minimum absolute atomic E-state index is 1.14. The molecule has 45 heavy (non-hydrogen) atoms. The van der Waals surface area contributed by atoms with Gasteiger partial charge in [-0.25, -0.2) is 0 Å². The monoisotopic (exact) mass is 609 g/mol. The van der Waals surface area contributed by atoms with Gasteiger partial charge in [0.25, 0.3) is 0 Å². The van der Waals surface area contributed by atoms with Gasteiger partial charge in [-0.3, -0.25) is 0 Å². The lowest BCUT2D eigenvalue weighted by Gasteiger charge is -2.26. The van der Waals surface area contributed by atoms with Crippen molar-refractivity contribution in [1.82, 2.24) is 0 Å². The van der Waals surface area contributed by atoms with Crippen LogP contribution in [0.1, 0.15) is 0 Å². The quantitative estimate of drug-likeness (QED) is 0.188. The van der Waals surface area contributed by atoms with Gasteiger partial charge in [0.05, 0.1) is 10.4 Å². The zero-order valence-corrected chi connectivity index (χ0v) is 26.0. The maximum Gasteiger partial charge on any atom is 0.0640 e. The molecule has 0 radical (unpaired) electrons. The van der Waals surface area contributed by atoms with E-state index in [1.807, 2.05) is 22.7 Å². The van der Waals surface area contributed by atoms with Crippen molar-refractivity contribution in [2.45, 2.75) is 0 Å². The first-order valence-electron chi connectivity index (χ1n) is 15.2. The highest BCUT2D eigenvalue weighted by Gasteiger charge is 2.18. The Morgan fingerprint density at radius 3 is 1.56 bits per heavy atom. The van der Waals surface area contributed by atoms with Crippen molar-refractivity contribution in [3.05, 3.63) is 164 Å². The molecule has 1 nitrogen and oxygen atoms in total. The second kappa shape index (κ2) is 10.7. The molecule has 7 aromatic carbocycles. The second-order valence-corrected chi connectivity index (χ2v) is 13.5. The van der Waals surface area contributed by atoms with E-state index in [4.69, 9.17) is 0 Å². The molecule has 3 heteroatoms. The van der Waals surface area contributed by atoms with Crippen LogP contribution in [0.3, 0.4) is 0 Å². The summed E-state index contributed by atoms with van der Waals surface area (Å²) in [5.41, 5.74) is 8.37. The van der Waals surface area contributed by atoms with E-state index in [0.29, 0.717) is 0 Å². The van der Waals surface area contributed by atoms with Gasteiger partial charge in [0.1, 0.15) is 0 Å². The average Bonchev–Trinajstić information content (AvgIpc) is 3.68. The van der Waals surface area contributed by atoms with Crippen LogP contribution in [0, 0.1) is 0 Å². The molecular weight excluding hydrogens is 583 g/mol. The van der Waals surface area contributed by atoms with E-state index in [1.165, 1.54) is 68.3 Å². The Kier molecular flexibility index (Phi) is 6.26. The van der Waals surface area contributed by atoms with Crippen LogP contribution in [-0.2, 0) is 0 Å². The summed E-state index contributed by atoms with van der Waals surface area (Å²) in [6, 6.07) is 59.6. The molecule has 0 saturated heterocycles. The van der Waals surface area contributed by atoms with Crippen molar-refractivity contribution in [3.8, 4) is 22.3 Å². The Labute approximate surface area is 269 Å². The Balaban J connectivity index is 1.16. The van der Waals surface area contributed by atoms with Crippen molar-refractivity contribution in [2.24, 2.45) is 0 Å². The summed E-state index contributed by atoms with van der Waals surface area (Å²) in [5.74, 6) is 0. The van der Waals surface area contributed by atoms with Crippen molar-refractivity contribution >= 4 is 80.1 Å². The maximum absolute atomic E-state index is 2.41. The first-order valence-corrected chi connectivity index (χ1v) is 16.8. The summed E-state index contributed by atoms with van der Waals surface area (Å²) in [5, 5.41) is 5.28. The molecule has 2 aromatic heterocycles. The topological polar surface area (TPSA) is 3.24 Å². The molecule has 0 aliphatic carbocycles. The van der Waals surface area contributed by atoms with Gasteiger partial charge in [-0.15, -0.1) is 22.7 Å². The van der Waals surface area contributed by atoms with E-state index in [0.717, 1.165) is 11.4 Å². The molecule has 0 fully saturated rings. The number of anilines is 3. The van der Waals surface area contributed by atoms with Crippen LogP contribution in [0.5, 0.6) is 0 Å². The van der Waals surface area contributed by atoms with Gasteiger partial charge in [0, 0.05) is 47.0 Å². The molecule has 0 saturated carbocycles. The third kappa shape index (κ3) is 4.52. The minimum atomic E-state index is 1.14. The summed E-state index contributed by atoms with van der Waals surface area (Å²) in [4.78, 5) is 2.41. The average molecular weight is 610 g/mol. The number of nitrogens with zero attached hydrogens (tertiary/aromatic N) is 1. The Morgan fingerprint density at radius 2 is 0.844 bits per heavy atom. The smallest absolute Gasteiger partial charge is 0.0640 e. The third-order valence-corrected chi connectivity index (χ3v) is 11.0. The largest absolute Gasteiger partial charge is 0.309 e. The van der Waals surface area contributed by atoms with Gasteiger partial charge in [-0.2, -0.15) is 0 Å². The summed E-state index contributed by atoms with van der Waals surface area (Å²) in [6.07, 6.45) is 0. The van der Waals surface area contributed by atoms with E-state index in [-0.39, 0.29) is 0 Å². The van der Waals surface area contributed by atoms with Crippen molar-refractivity contribution in [3.63, 3.8) is 0 Å². The van der Waals surface area contributed by atoms with Crippen LogP contribution in [0.25, 0.3) is 62.6 Å². The highest BCUT2D eigenvalue weighted by molar-refractivity contribution is 7.26. The van der Waals surface area contributed by atoms with Crippen LogP contribution in [-0.4, -0.2) is 0 Å². The molecule has 0 spiro atoms. The molecule has 2 heterocycles. The lowest BCUT2D eigenvalue weighted by atomic mass is 10.0. The molecule has 0 aliphatic rings. The standard InChI is InChI=1S/C42H27NS2/c1-2-9-28(10-3-1)29-17-22-32(23-18-29)43(38-14-8-13-37-35-12-5-7-16-40(35)45-42(37)38)33-24-19-30(20-25-33)31-21-26-36-34-11-4-6-15-39(34)44-41(36)27-31/h1-27H. The summed E-state index contributed by atoms with van der Waals surface area (Å²) >= 11 is 3.74. The second-order valence-electron chi connectivity index (χ2n) is 11.4. The molecular formula is C42H27NS2. The van der Waals surface area contributed by atoms with E-state index < -0.39 is 0 Å². The summed E-state index contributed by atoms with van der Waals surface area (Å²) in [6.45, 7) is 0. The van der Waals surface area contributed by atoms with Crippen molar-refractivity contribution in [1.29, 1.82) is 0 Å². The zero-order valence-electron chi connectivity index (χ0n) is 24.4. The van der Waals surface area contributed by atoms with Gasteiger partial charge < -0.3 is 4.90 Å². The minimum Gasteiger partial charge on any atom is -0.309 e. The van der Waals surface area contributed by atoms with Gasteiger partial charge in [0.15, 0.2) is 0 Å². The first kappa shape index (κ1) is 26.2. The van der Waals surface area contributed by atoms with Crippen molar-refractivity contribution < 1.29 is 0 Å². The molecule has 9 aromatic rings. The van der Waals surface area contributed by atoms with Crippen LogP contribution in [0.4, 0.5) is 17.1 Å². The Morgan fingerprint density at radius 1 is 0.333 bits per heavy atom. The fourth-order valence-electron chi connectivity index (χ4n) is 6.48. The predicted octanol–water partition coefficient (Wildman–Crippen LogP) is 13.2. The maximum atomic E-state index is 2.41. The van der Waals surface area contributed by atoms with Gasteiger partial charge in [-0.1, -0.05) is 115 Å². The number of hydrogen-bond acceptors (Lipinski definition) is 3. The van der Waals surface area contributed by atoms with Crippen LogP contribution >= 0.6 is 22.7 Å². The normalized spacial score (nSPS) is 11.6. The lowest BCUT2D eigenvalue weighted by molar-refractivity contribution is 1.30. The van der Waals surface area contributed by atoms with Gasteiger partial charge >= 0.3 is 0 Å². The fraction of sp³-hybridized carbons (Fsp3) is 0. The summed E-state index contributed by atoms with van der Waals surface area (Å²) < 4.78 is 5.27. The molecule has 9 rings (SSSR count). The highest BCUT2D eigenvalue weighted by atomic mass is 32.1. The highest BCUT2D eigenvalue weighted by Crippen LogP contribution is 2.45. The molecule has 0 unspecified atom stereocenters.